The molecule has 5 nitrogen and oxygen atoms in total. The molecule has 7 heteroatoms. The highest BCUT2D eigenvalue weighted by molar-refractivity contribution is 8.18. The molecule has 0 unspecified atom stereocenters. The van der Waals surface area contributed by atoms with Gasteiger partial charge >= 0.3 is 0 Å². The van der Waals surface area contributed by atoms with Gasteiger partial charge in [0.1, 0.15) is 11.4 Å². The molecule has 1 saturated heterocycles. The lowest BCUT2D eigenvalue weighted by molar-refractivity contribution is -0.124. The number of hydrogen-bond acceptors (Lipinski definition) is 5. The zero-order valence-corrected chi connectivity index (χ0v) is 16.8. The number of furan rings is 1. The van der Waals surface area contributed by atoms with Crippen LogP contribution >= 0.6 is 23.4 Å². The Balaban J connectivity index is 1.64. The molecule has 1 aliphatic carbocycles. The van der Waals surface area contributed by atoms with Crippen LogP contribution in [0.4, 0.5) is 5.69 Å². The summed E-state index contributed by atoms with van der Waals surface area (Å²) < 4.78 is 5.29. The molecule has 0 spiro atoms. The van der Waals surface area contributed by atoms with Gasteiger partial charge in [0.15, 0.2) is 10.3 Å². The van der Waals surface area contributed by atoms with Gasteiger partial charge in [-0.05, 0) is 61.0 Å². The van der Waals surface area contributed by atoms with E-state index in [1.807, 2.05) is 41.3 Å². The molecule has 0 radical (unpaired) electrons. The number of thioether (sulfide) groups is 1. The summed E-state index contributed by atoms with van der Waals surface area (Å²) in [4.78, 5) is 24.4. The van der Waals surface area contributed by atoms with E-state index in [1.54, 1.807) is 18.5 Å². The van der Waals surface area contributed by atoms with Crippen molar-refractivity contribution in [1.82, 2.24) is 9.88 Å². The third-order valence-corrected chi connectivity index (χ3v) is 6.08. The van der Waals surface area contributed by atoms with Crippen LogP contribution in [0.5, 0.6) is 0 Å². The van der Waals surface area contributed by atoms with Crippen molar-refractivity contribution >= 4 is 46.2 Å². The Morgan fingerprint density at radius 3 is 2.86 bits per heavy atom. The highest BCUT2D eigenvalue weighted by Crippen LogP contribution is 2.38. The van der Waals surface area contributed by atoms with Gasteiger partial charge in [-0.1, -0.05) is 36.9 Å². The predicted octanol–water partition coefficient (Wildman–Crippen LogP) is 5.82. The normalized spacial score (nSPS) is 21.5. The molecule has 4 rings (SSSR count). The molecule has 2 aliphatic rings. The van der Waals surface area contributed by atoms with Gasteiger partial charge in [0.2, 0.25) is 0 Å². The molecule has 2 aromatic rings. The number of pyridine rings is 1. The average Bonchev–Trinajstić information content (AvgIpc) is 3.33. The Morgan fingerprint density at radius 1 is 1.25 bits per heavy atom. The van der Waals surface area contributed by atoms with Gasteiger partial charge in [-0.25, -0.2) is 9.98 Å². The lowest BCUT2D eigenvalue weighted by Crippen LogP contribution is -2.40. The number of amides is 1. The van der Waals surface area contributed by atoms with Gasteiger partial charge in [-0.3, -0.25) is 9.69 Å². The fourth-order valence-corrected chi connectivity index (χ4v) is 4.59. The van der Waals surface area contributed by atoms with Crippen molar-refractivity contribution in [2.75, 3.05) is 0 Å². The van der Waals surface area contributed by atoms with Crippen molar-refractivity contribution in [2.45, 2.75) is 38.1 Å². The topological polar surface area (TPSA) is 58.7 Å². The number of halogens is 1. The summed E-state index contributed by atoms with van der Waals surface area (Å²) in [6.07, 6.45) is 14.2. The molecular weight excluding hydrogens is 394 g/mol. The van der Waals surface area contributed by atoms with Crippen molar-refractivity contribution in [3.8, 4) is 0 Å². The molecule has 3 heterocycles. The molecule has 1 amide bonds. The monoisotopic (exact) mass is 413 g/mol. The van der Waals surface area contributed by atoms with Crippen molar-refractivity contribution in [3.05, 3.63) is 64.7 Å². The number of carbonyl (C=O) groups is 1. The van der Waals surface area contributed by atoms with Gasteiger partial charge < -0.3 is 4.42 Å². The highest BCUT2D eigenvalue weighted by atomic mass is 35.5. The van der Waals surface area contributed by atoms with Crippen LogP contribution in [0.1, 0.15) is 37.9 Å². The standard InChI is InChI=1S/C21H20ClN3O2S/c22-19-17(11-5-13-23-19)24-21-25(15-7-2-1-3-8-15)20(26)18(28-21)12-4-9-16-10-6-14-27-16/h4-6,9-15H,1-3,7-8H2/b9-4+,18-12+,24-21?. The number of amidine groups is 1. The van der Waals surface area contributed by atoms with E-state index in [0.717, 1.165) is 31.4 Å². The van der Waals surface area contributed by atoms with Gasteiger partial charge in [-0.15, -0.1) is 0 Å². The zero-order valence-electron chi connectivity index (χ0n) is 15.3. The van der Waals surface area contributed by atoms with E-state index in [2.05, 4.69) is 9.98 Å². The summed E-state index contributed by atoms with van der Waals surface area (Å²) in [5.41, 5.74) is 0.577. The minimum absolute atomic E-state index is 0.000224. The fraction of sp³-hybridized carbons (Fsp3) is 0.286. The molecule has 0 N–H and O–H groups in total. The summed E-state index contributed by atoms with van der Waals surface area (Å²) in [6, 6.07) is 7.48. The molecule has 1 saturated carbocycles. The highest BCUT2D eigenvalue weighted by Gasteiger charge is 2.38. The number of aromatic nitrogens is 1. The Morgan fingerprint density at radius 2 is 2.11 bits per heavy atom. The summed E-state index contributed by atoms with van der Waals surface area (Å²) in [6.45, 7) is 0. The Hall–Kier alpha value is -2.31. The predicted molar refractivity (Wildman–Crippen MR) is 113 cm³/mol. The summed E-state index contributed by atoms with van der Waals surface area (Å²) in [5.74, 6) is 0.743. The third-order valence-electron chi connectivity index (χ3n) is 4.78. The number of rotatable bonds is 4. The summed E-state index contributed by atoms with van der Waals surface area (Å²) in [7, 11) is 0. The SMILES string of the molecule is O=C1/C(=C\C=C\c2ccco2)SC(=Nc2cccnc2Cl)N1C1CCCCC1. The van der Waals surface area contributed by atoms with Crippen molar-refractivity contribution in [2.24, 2.45) is 4.99 Å². The van der Waals surface area contributed by atoms with Crippen molar-refractivity contribution in [1.29, 1.82) is 0 Å². The maximum absolute atomic E-state index is 13.1. The molecule has 0 aromatic carbocycles. The first-order valence-electron chi connectivity index (χ1n) is 9.35. The van der Waals surface area contributed by atoms with E-state index in [9.17, 15) is 4.79 Å². The molecule has 2 aromatic heterocycles. The molecule has 144 valence electrons. The number of nitrogens with zero attached hydrogens (tertiary/aromatic N) is 3. The molecular formula is C21H20ClN3O2S. The molecule has 28 heavy (non-hydrogen) atoms. The second-order valence-electron chi connectivity index (χ2n) is 6.68. The average molecular weight is 414 g/mol. The van der Waals surface area contributed by atoms with Crippen LogP contribution in [-0.2, 0) is 4.79 Å². The molecule has 1 aliphatic heterocycles. The molecule has 0 atom stereocenters. The largest absolute Gasteiger partial charge is 0.465 e. The van der Waals surface area contributed by atoms with Gasteiger partial charge in [0.25, 0.3) is 5.91 Å². The van der Waals surface area contributed by atoms with Crippen LogP contribution in [0.15, 0.2) is 63.2 Å². The third kappa shape index (κ3) is 4.23. The van der Waals surface area contributed by atoms with E-state index in [-0.39, 0.29) is 11.9 Å². The smallest absolute Gasteiger partial charge is 0.266 e. The number of hydrogen-bond donors (Lipinski definition) is 0. The maximum atomic E-state index is 13.1. The van der Waals surface area contributed by atoms with E-state index in [1.165, 1.54) is 18.2 Å². The first-order valence-corrected chi connectivity index (χ1v) is 10.5. The van der Waals surface area contributed by atoms with Crippen LogP contribution in [0.25, 0.3) is 6.08 Å². The fourth-order valence-electron chi connectivity index (χ4n) is 3.42. The van der Waals surface area contributed by atoms with Crippen LogP contribution in [0, 0.1) is 0 Å². The lowest BCUT2D eigenvalue weighted by Gasteiger charge is -2.30. The van der Waals surface area contributed by atoms with Crippen LogP contribution in [-0.4, -0.2) is 27.0 Å². The van der Waals surface area contributed by atoms with Crippen molar-refractivity contribution in [3.63, 3.8) is 0 Å². The van der Waals surface area contributed by atoms with Crippen LogP contribution in [0.2, 0.25) is 5.15 Å². The quantitative estimate of drug-likeness (QED) is 0.468. The minimum Gasteiger partial charge on any atom is -0.465 e. The first-order chi connectivity index (χ1) is 13.7. The number of carbonyl (C=O) groups excluding carboxylic acids is 1. The zero-order chi connectivity index (χ0) is 19.3. The Bertz CT molecular complexity index is 931. The van der Waals surface area contributed by atoms with Crippen LogP contribution < -0.4 is 0 Å². The second kappa shape index (κ2) is 8.80. The minimum atomic E-state index is -0.000224. The molecule has 0 bridgehead atoms. The van der Waals surface area contributed by atoms with E-state index in [0.29, 0.717) is 20.9 Å². The van der Waals surface area contributed by atoms with Crippen molar-refractivity contribution < 1.29 is 9.21 Å². The van der Waals surface area contributed by atoms with Gasteiger partial charge in [0.05, 0.1) is 11.2 Å². The van der Waals surface area contributed by atoms with E-state index < -0.39 is 0 Å². The number of allylic oxidation sites excluding steroid dienone is 2. The first kappa shape index (κ1) is 19.0. The van der Waals surface area contributed by atoms with Gasteiger partial charge in [0, 0.05) is 12.2 Å². The maximum Gasteiger partial charge on any atom is 0.266 e. The lowest BCUT2D eigenvalue weighted by atomic mass is 9.94. The van der Waals surface area contributed by atoms with E-state index >= 15 is 0 Å². The summed E-state index contributed by atoms with van der Waals surface area (Å²) in [5, 5.41) is 1.01. The second-order valence-corrected chi connectivity index (χ2v) is 8.05. The van der Waals surface area contributed by atoms with Crippen LogP contribution in [0.3, 0.4) is 0 Å². The van der Waals surface area contributed by atoms with Gasteiger partial charge in [-0.2, -0.15) is 0 Å². The Labute approximate surface area is 173 Å². The summed E-state index contributed by atoms with van der Waals surface area (Å²) >= 11 is 7.56. The number of aliphatic imine (C=N–C) groups is 1. The Kier molecular flexibility index (Phi) is 5.98. The molecule has 2 fully saturated rings. The van der Waals surface area contributed by atoms with E-state index in [4.69, 9.17) is 16.0 Å².